The summed E-state index contributed by atoms with van der Waals surface area (Å²) in [6.45, 7) is 4.66. The van der Waals surface area contributed by atoms with E-state index in [9.17, 15) is 23.6 Å². The summed E-state index contributed by atoms with van der Waals surface area (Å²) < 4.78 is 40.0. The summed E-state index contributed by atoms with van der Waals surface area (Å²) in [4.78, 5) is 0. The number of nitrogens with zero attached hydrogens (tertiary/aromatic N) is 3. The van der Waals surface area contributed by atoms with Gasteiger partial charge < -0.3 is 20.4 Å². The molecule has 31 heavy (non-hydrogen) atoms. The summed E-state index contributed by atoms with van der Waals surface area (Å²) in [5, 5.41) is 33.1. The second-order valence-electron chi connectivity index (χ2n) is 7.37. The molecule has 1 aromatic carbocycles. The van der Waals surface area contributed by atoms with Gasteiger partial charge in [0.15, 0.2) is 0 Å². The van der Waals surface area contributed by atoms with Crippen LogP contribution < -0.4 is 4.74 Å². The molecule has 3 rings (SSSR count). The van der Waals surface area contributed by atoms with Gasteiger partial charge in [0.1, 0.15) is 5.75 Å². The van der Waals surface area contributed by atoms with Crippen molar-refractivity contribution in [1.29, 1.82) is 5.26 Å². The van der Waals surface area contributed by atoms with Crippen molar-refractivity contribution in [2.75, 3.05) is 26.2 Å². The topological polar surface area (TPSA) is 90.8 Å². The van der Waals surface area contributed by atoms with Gasteiger partial charge in [0.25, 0.3) is 0 Å². The second kappa shape index (κ2) is 13.5. The van der Waals surface area contributed by atoms with Gasteiger partial charge in [0, 0.05) is 45.8 Å². The molecular formula is C21H27F3N3O3Y-. The molecule has 2 saturated heterocycles. The minimum absolute atomic E-state index is 0. The van der Waals surface area contributed by atoms with Crippen molar-refractivity contribution in [3.05, 3.63) is 40.7 Å². The Hall–Kier alpha value is -1.02. The number of hydrogen-bond acceptors (Lipinski definition) is 5. The molecule has 2 fully saturated rings. The largest absolute Gasteiger partial charge is 0.662 e. The Kier molecular flexibility index (Phi) is 12.2. The van der Waals surface area contributed by atoms with E-state index in [2.05, 4.69) is 16.1 Å². The van der Waals surface area contributed by atoms with Gasteiger partial charge in [-0.3, -0.25) is 0 Å². The van der Waals surface area contributed by atoms with E-state index in [-0.39, 0.29) is 44.6 Å². The van der Waals surface area contributed by atoms with Gasteiger partial charge in [-0.05, 0) is 61.1 Å². The average molecular weight is 515 g/mol. The van der Waals surface area contributed by atoms with Crippen molar-refractivity contribution < 1.29 is 60.9 Å². The number of nitriles is 1. The first-order valence-electron chi connectivity index (χ1n) is 9.93. The third-order valence-corrected chi connectivity index (χ3v) is 5.18. The first kappa shape index (κ1) is 28.0. The van der Waals surface area contributed by atoms with E-state index in [1.165, 1.54) is 29.3 Å². The average Bonchev–Trinajstić information content (AvgIpc) is 2.71. The maximum atomic E-state index is 12.1. The van der Waals surface area contributed by atoms with E-state index < -0.39 is 6.36 Å². The van der Waals surface area contributed by atoms with Crippen LogP contribution in [0, 0.1) is 17.2 Å². The Balaban J connectivity index is 0.000000404. The number of hydroxylamine groups is 2. The van der Waals surface area contributed by atoms with Crippen LogP contribution in [0.15, 0.2) is 29.8 Å². The minimum atomic E-state index is -4.73. The molecule has 1 atom stereocenters. The van der Waals surface area contributed by atoms with Gasteiger partial charge in [-0.15, -0.1) is 26.3 Å². The fraction of sp³-hybridized carbons (Fsp3) is 0.571. The van der Waals surface area contributed by atoms with E-state index in [1.54, 1.807) is 0 Å². The van der Waals surface area contributed by atoms with Crippen LogP contribution in [0.5, 0.6) is 5.75 Å². The zero-order valence-electron chi connectivity index (χ0n) is 17.5. The van der Waals surface area contributed by atoms with Crippen molar-refractivity contribution in [2.45, 2.75) is 45.1 Å². The van der Waals surface area contributed by atoms with Crippen LogP contribution >= 0.6 is 0 Å². The maximum Gasteiger partial charge on any atom is 0.573 e. The molecule has 2 heterocycles. The van der Waals surface area contributed by atoms with Crippen LogP contribution in [-0.4, -0.2) is 54.0 Å². The number of ether oxygens (including phenoxy) is 1. The zero-order valence-corrected chi connectivity index (χ0v) is 20.3. The first-order chi connectivity index (χ1) is 14.2. The fourth-order valence-electron chi connectivity index (χ4n) is 3.44. The monoisotopic (exact) mass is 515 g/mol. The van der Waals surface area contributed by atoms with Crippen LogP contribution in [0.4, 0.5) is 13.2 Å². The van der Waals surface area contributed by atoms with Crippen molar-refractivity contribution in [2.24, 2.45) is 5.92 Å². The number of hydrogen-bond donors (Lipinski definition) is 2. The maximum absolute atomic E-state index is 12.1. The Labute approximate surface area is 205 Å². The molecule has 0 aromatic heterocycles. The smallest absolute Gasteiger partial charge is 0.573 e. The van der Waals surface area contributed by atoms with Gasteiger partial charge in [0.05, 0.1) is 17.7 Å². The van der Waals surface area contributed by atoms with Crippen LogP contribution in [0.2, 0.25) is 0 Å². The summed E-state index contributed by atoms with van der Waals surface area (Å²) in [6.07, 6.45) is -1.58. The molecule has 2 N–H and O–H groups in total. The predicted octanol–water partition coefficient (Wildman–Crippen LogP) is 4.50. The van der Waals surface area contributed by atoms with Crippen molar-refractivity contribution >= 4 is 5.57 Å². The normalized spacial score (nSPS) is 18.7. The van der Waals surface area contributed by atoms with Crippen LogP contribution in [0.25, 0.3) is 10.9 Å². The SMILES string of the molecule is CC(O)C1CC[N-]CC1.N#CC(=C1CCN(O)CC1)c1ccc(OC(F)(F)F)cc1.[Y]. The number of rotatable bonds is 3. The van der Waals surface area contributed by atoms with E-state index >= 15 is 0 Å². The Morgan fingerprint density at radius 3 is 2.16 bits per heavy atom. The van der Waals surface area contributed by atoms with E-state index in [1.807, 2.05) is 6.92 Å². The zero-order chi connectivity index (χ0) is 22.1. The van der Waals surface area contributed by atoms with Crippen molar-refractivity contribution in [1.82, 2.24) is 5.06 Å². The molecule has 10 heteroatoms. The number of alkyl halides is 3. The number of benzene rings is 1. The molecule has 1 radical (unpaired) electrons. The summed E-state index contributed by atoms with van der Waals surface area (Å²) in [6, 6.07) is 7.31. The molecule has 6 nitrogen and oxygen atoms in total. The molecule has 0 aliphatic carbocycles. The van der Waals surface area contributed by atoms with Crippen LogP contribution in [0.1, 0.15) is 38.2 Å². The number of halogens is 3. The molecule has 0 saturated carbocycles. The Bertz CT molecular complexity index is 733. The van der Waals surface area contributed by atoms with Gasteiger partial charge in [0.2, 0.25) is 0 Å². The Morgan fingerprint density at radius 1 is 1.19 bits per heavy atom. The number of piperidine rings is 2. The Morgan fingerprint density at radius 2 is 1.74 bits per heavy atom. The molecular weight excluding hydrogens is 488 g/mol. The minimum Gasteiger partial charge on any atom is -0.662 e. The summed E-state index contributed by atoms with van der Waals surface area (Å²) in [7, 11) is 0. The second-order valence-corrected chi connectivity index (χ2v) is 7.37. The molecule has 2 aliphatic heterocycles. The van der Waals surface area contributed by atoms with Gasteiger partial charge in [-0.1, -0.05) is 12.8 Å². The van der Waals surface area contributed by atoms with Crippen molar-refractivity contribution in [3.63, 3.8) is 0 Å². The summed E-state index contributed by atoms with van der Waals surface area (Å²) >= 11 is 0. The molecule has 0 bridgehead atoms. The van der Waals surface area contributed by atoms with Gasteiger partial charge >= 0.3 is 6.36 Å². The molecule has 169 valence electrons. The van der Waals surface area contributed by atoms with E-state index in [0.717, 1.165) is 31.5 Å². The molecule has 1 unspecified atom stereocenters. The molecule has 2 aliphatic rings. The van der Waals surface area contributed by atoms with Gasteiger partial charge in [-0.25, -0.2) is 0 Å². The summed E-state index contributed by atoms with van der Waals surface area (Å²) in [5.74, 6) is 0.196. The number of aliphatic hydroxyl groups is 1. The number of aliphatic hydroxyl groups excluding tert-OH is 1. The standard InChI is InChI=1S/C14H13F3N2O2.C7H14NO.Y/c15-14(16,17)21-12-3-1-10(2-4-12)13(9-18)11-5-7-19(20)8-6-11;1-6(9)7-2-4-8-5-3-7;/h1-4,20H,5-8H2;6-7,9H,2-5H2,1H3;/q;-1;. The van der Waals surface area contributed by atoms with E-state index in [0.29, 0.717) is 43.0 Å². The van der Waals surface area contributed by atoms with Crippen LogP contribution in [0.3, 0.4) is 0 Å². The first-order valence-corrected chi connectivity index (χ1v) is 9.93. The fourth-order valence-corrected chi connectivity index (χ4v) is 3.44. The number of allylic oxidation sites excluding steroid dienone is 1. The predicted molar refractivity (Wildman–Crippen MR) is 106 cm³/mol. The van der Waals surface area contributed by atoms with Gasteiger partial charge in [-0.2, -0.15) is 10.3 Å². The molecule has 0 amide bonds. The van der Waals surface area contributed by atoms with Crippen LogP contribution in [-0.2, 0) is 32.7 Å². The molecule has 1 aromatic rings. The summed E-state index contributed by atoms with van der Waals surface area (Å²) in [5.41, 5.74) is 1.89. The molecule has 0 spiro atoms. The quantitative estimate of drug-likeness (QED) is 0.579. The third kappa shape index (κ3) is 9.98. The van der Waals surface area contributed by atoms with Crippen molar-refractivity contribution in [3.8, 4) is 11.8 Å². The van der Waals surface area contributed by atoms with E-state index in [4.69, 9.17) is 5.11 Å². The third-order valence-electron chi connectivity index (χ3n) is 5.18.